The Kier molecular flexibility index (Phi) is 5.25. The Morgan fingerprint density at radius 3 is 2.48 bits per heavy atom. The van der Waals surface area contributed by atoms with Crippen LogP contribution >= 0.6 is 0 Å². The lowest BCUT2D eigenvalue weighted by Crippen LogP contribution is -2.49. The number of aliphatic carboxylic acids is 1. The molecule has 21 heavy (non-hydrogen) atoms. The predicted octanol–water partition coefficient (Wildman–Crippen LogP) is 2.29. The van der Waals surface area contributed by atoms with Crippen LogP contribution in [0.4, 0.5) is 0 Å². The fraction of sp³-hybridized carbons (Fsp3) is 0.875. The Hall–Kier alpha value is -1.10. The molecule has 0 aliphatic carbocycles. The van der Waals surface area contributed by atoms with Gasteiger partial charge in [0.15, 0.2) is 0 Å². The zero-order valence-electron chi connectivity index (χ0n) is 13.1. The van der Waals surface area contributed by atoms with Crippen molar-refractivity contribution in [2.75, 3.05) is 19.7 Å². The van der Waals surface area contributed by atoms with Crippen molar-refractivity contribution in [1.82, 2.24) is 4.90 Å². The molecule has 2 fully saturated rings. The van der Waals surface area contributed by atoms with Crippen molar-refractivity contribution >= 4 is 11.9 Å². The molecule has 0 bridgehead atoms. The van der Waals surface area contributed by atoms with E-state index in [0.29, 0.717) is 39.0 Å². The van der Waals surface area contributed by atoms with E-state index in [1.807, 2.05) is 18.7 Å². The molecule has 2 aliphatic heterocycles. The van der Waals surface area contributed by atoms with Gasteiger partial charge in [0.25, 0.3) is 0 Å². The molecule has 0 aromatic carbocycles. The molecule has 2 heterocycles. The van der Waals surface area contributed by atoms with Crippen LogP contribution in [0.15, 0.2) is 0 Å². The van der Waals surface area contributed by atoms with Gasteiger partial charge in [-0.05, 0) is 32.1 Å². The third-order valence-corrected chi connectivity index (χ3v) is 5.14. The van der Waals surface area contributed by atoms with Crippen molar-refractivity contribution in [2.24, 2.45) is 11.3 Å². The number of rotatable bonds is 5. The molecule has 2 rings (SSSR count). The summed E-state index contributed by atoms with van der Waals surface area (Å²) >= 11 is 0. The summed E-state index contributed by atoms with van der Waals surface area (Å²) in [5.74, 6) is -0.569. The maximum atomic E-state index is 12.6. The highest BCUT2D eigenvalue weighted by atomic mass is 16.5. The van der Waals surface area contributed by atoms with Crippen LogP contribution in [-0.4, -0.2) is 47.7 Å². The lowest BCUT2D eigenvalue weighted by Gasteiger charge is -2.40. The first-order valence-electron chi connectivity index (χ1n) is 8.18. The number of piperidine rings is 1. The number of carboxylic acids is 1. The highest BCUT2D eigenvalue weighted by Gasteiger charge is 2.43. The molecule has 5 heteroatoms. The first kappa shape index (κ1) is 16.3. The van der Waals surface area contributed by atoms with Gasteiger partial charge in [-0.1, -0.05) is 20.3 Å². The summed E-state index contributed by atoms with van der Waals surface area (Å²) in [6, 6.07) is 0. The minimum Gasteiger partial charge on any atom is -0.481 e. The number of carbonyl (C=O) groups excluding carboxylic acids is 1. The lowest BCUT2D eigenvalue weighted by molar-refractivity contribution is -0.156. The van der Waals surface area contributed by atoms with Gasteiger partial charge in [-0.2, -0.15) is 0 Å². The second-order valence-corrected chi connectivity index (χ2v) is 6.37. The second kappa shape index (κ2) is 6.77. The van der Waals surface area contributed by atoms with Crippen LogP contribution in [0.5, 0.6) is 0 Å². The largest absolute Gasteiger partial charge is 0.481 e. The van der Waals surface area contributed by atoms with Gasteiger partial charge in [-0.3, -0.25) is 9.59 Å². The number of hydrogen-bond acceptors (Lipinski definition) is 3. The van der Waals surface area contributed by atoms with Crippen LogP contribution in [0.2, 0.25) is 0 Å². The number of carboxylic acid groups (broad SMARTS) is 1. The highest BCUT2D eigenvalue weighted by molar-refractivity contribution is 5.80. The topological polar surface area (TPSA) is 66.8 Å². The smallest absolute Gasteiger partial charge is 0.309 e. The Morgan fingerprint density at radius 1 is 1.29 bits per heavy atom. The van der Waals surface area contributed by atoms with Crippen LogP contribution in [0.1, 0.15) is 52.4 Å². The van der Waals surface area contributed by atoms with Crippen molar-refractivity contribution in [3.05, 3.63) is 0 Å². The molecule has 0 aromatic rings. The monoisotopic (exact) mass is 297 g/mol. The molecule has 0 spiro atoms. The van der Waals surface area contributed by atoms with Crippen LogP contribution in [0.3, 0.4) is 0 Å². The van der Waals surface area contributed by atoms with Gasteiger partial charge in [-0.15, -0.1) is 0 Å². The molecular formula is C16H27NO4. The van der Waals surface area contributed by atoms with E-state index in [0.717, 1.165) is 19.3 Å². The molecule has 120 valence electrons. The van der Waals surface area contributed by atoms with E-state index < -0.39 is 11.4 Å². The first-order chi connectivity index (χ1) is 10.0. The summed E-state index contributed by atoms with van der Waals surface area (Å²) in [5.41, 5.74) is -0.623. The van der Waals surface area contributed by atoms with Gasteiger partial charge in [-0.25, -0.2) is 0 Å². The quantitative estimate of drug-likeness (QED) is 0.845. The molecule has 2 atom stereocenters. The molecule has 0 saturated carbocycles. The summed E-state index contributed by atoms with van der Waals surface area (Å²) in [7, 11) is 0. The van der Waals surface area contributed by atoms with Crippen molar-refractivity contribution < 1.29 is 19.4 Å². The van der Waals surface area contributed by atoms with Gasteiger partial charge < -0.3 is 14.7 Å². The van der Waals surface area contributed by atoms with E-state index in [1.54, 1.807) is 0 Å². The van der Waals surface area contributed by atoms with Gasteiger partial charge >= 0.3 is 5.97 Å². The Bertz CT molecular complexity index is 388. The summed E-state index contributed by atoms with van der Waals surface area (Å²) in [6.45, 7) is 5.86. The van der Waals surface area contributed by atoms with Crippen LogP contribution in [0.25, 0.3) is 0 Å². The number of ether oxygens (including phenoxy) is 1. The molecule has 2 saturated heterocycles. The van der Waals surface area contributed by atoms with Gasteiger partial charge in [0.2, 0.25) is 5.91 Å². The van der Waals surface area contributed by atoms with Crippen LogP contribution in [-0.2, 0) is 14.3 Å². The van der Waals surface area contributed by atoms with E-state index in [4.69, 9.17) is 4.74 Å². The fourth-order valence-corrected chi connectivity index (χ4v) is 3.77. The highest BCUT2D eigenvalue weighted by Crippen LogP contribution is 2.37. The number of hydrogen-bond donors (Lipinski definition) is 1. The van der Waals surface area contributed by atoms with E-state index in [-0.39, 0.29) is 17.9 Å². The number of amides is 1. The zero-order chi connectivity index (χ0) is 15.5. The maximum absolute atomic E-state index is 12.6. The molecule has 5 nitrogen and oxygen atoms in total. The maximum Gasteiger partial charge on any atom is 0.309 e. The van der Waals surface area contributed by atoms with E-state index >= 15 is 0 Å². The van der Waals surface area contributed by atoms with Gasteiger partial charge in [0.05, 0.1) is 17.4 Å². The predicted molar refractivity (Wildman–Crippen MR) is 78.9 cm³/mol. The van der Waals surface area contributed by atoms with E-state index in [1.165, 1.54) is 0 Å². The molecule has 1 N–H and O–H groups in total. The van der Waals surface area contributed by atoms with E-state index in [2.05, 4.69) is 0 Å². The van der Waals surface area contributed by atoms with Gasteiger partial charge in [0, 0.05) is 19.7 Å². The molecule has 1 amide bonds. The van der Waals surface area contributed by atoms with E-state index in [9.17, 15) is 14.7 Å². The summed E-state index contributed by atoms with van der Waals surface area (Å²) in [6.07, 6.45) is 4.42. The van der Waals surface area contributed by atoms with Crippen molar-refractivity contribution in [2.45, 2.75) is 58.5 Å². The summed E-state index contributed by atoms with van der Waals surface area (Å²) in [4.78, 5) is 26.0. The SMILES string of the molecule is CCCC1(C(=O)O)CCN(C(=O)C2CCOC2CC)CC1. The fourth-order valence-electron chi connectivity index (χ4n) is 3.77. The lowest BCUT2D eigenvalue weighted by atomic mass is 9.75. The Morgan fingerprint density at radius 2 is 1.95 bits per heavy atom. The third-order valence-electron chi connectivity index (χ3n) is 5.14. The normalized spacial score (nSPS) is 28.6. The third kappa shape index (κ3) is 3.23. The van der Waals surface area contributed by atoms with Crippen LogP contribution in [0, 0.1) is 11.3 Å². The first-order valence-corrected chi connectivity index (χ1v) is 8.18. The number of likely N-dealkylation sites (tertiary alicyclic amines) is 1. The van der Waals surface area contributed by atoms with Crippen molar-refractivity contribution in [3.8, 4) is 0 Å². The van der Waals surface area contributed by atoms with Crippen molar-refractivity contribution in [1.29, 1.82) is 0 Å². The van der Waals surface area contributed by atoms with Crippen molar-refractivity contribution in [3.63, 3.8) is 0 Å². The molecular weight excluding hydrogens is 270 g/mol. The van der Waals surface area contributed by atoms with Gasteiger partial charge in [0.1, 0.15) is 0 Å². The Labute approximate surface area is 126 Å². The number of carbonyl (C=O) groups is 2. The Balaban J connectivity index is 1.97. The summed E-state index contributed by atoms with van der Waals surface area (Å²) in [5, 5.41) is 9.51. The average Bonchev–Trinajstić information content (AvgIpc) is 2.96. The molecule has 0 aromatic heterocycles. The molecule has 2 unspecified atom stereocenters. The standard InChI is InChI=1S/C16H27NO4/c1-3-6-16(15(19)20)7-9-17(10-8-16)14(18)12-5-11-21-13(12)4-2/h12-13H,3-11H2,1-2H3,(H,19,20). The molecule has 2 aliphatic rings. The van der Waals surface area contributed by atoms with Crippen LogP contribution < -0.4 is 0 Å². The summed E-state index contributed by atoms with van der Waals surface area (Å²) < 4.78 is 5.60. The average molecular weight is 297 g/mol. The second-order valence-electron chi connectivity index (χ2n) is 6.37. The molecule has 0 radical (unpaired) electrons. The zero-order valence-corrected chi connectivity index (χ0v) is 13.1. The number of nitrogens with zero attached hydrogens (tertiary/aromatic N) is 1. The minimum atomic E-state index is -0.702. The minimum absolute atomic E-state index is 0.0292.